The standard InChI is InChI=1S/C27H27N5O3/c1-3-22-30-25-23(27(33)31(22)16-19-8-7-15-35-19)24-26(29-21-10-6-5-9-20(21)28-24)32(25)17-11-13-18(14-12-17)34-4-2/h5-6,9-14,19H,3-4,7-8,15-16H2,1-2H3/t19-/m0/s1. The van der Waals surface area contributed by atoms with E-state index in [4.69, 9.17) is 24.4 Å². The van der Waals surface area contributed by atoms with E-state index in [0.717, 1.165) is 47.7 Å². The zero-order valence-electron chi connectivity index (χ0n) is 19.9. The molecule has 1 atom stereocenters. The molecule has 0 amide bonds. The van der Waals surface area contributed by atoms with Crippen LogP contribution >= 0.6 is 0 Å². The number of aromatic nitrogens is 5. The molecule has 0 spiro atoms. The third-order valence-electron chi connectivity index (χ3n) is 6.57. The lowest BCUT2D eigenvalue weighted by Crippen LogP contribution is -2.30. The Morgan fingerprint density at radius 3 is 2.46 bits per heavy atom. The maximum atomic E-state index is 14.0. The largest absolute Gasteiger partial charge is 0.494 e. The van der Waals surface area contributed by atoms with Crippen LogP contribution in [0.5, 0.6) is 5.75 Å². The van der Waals surface area contributed by atoms with E-state index in [-0.39, 0.29) is 11.7 Å². The monoisotopic (exact) mass is 469 g/mol. The molecule has 2 aromatic carbocycles. The minimum atomic E-state index is -0.0957. The summed E-state index contributed by atoms with van der Waals surface area (Å²) in [5.41, 5.74) is 4.02. The molecule has 0 aliphatic carbocycles. The summed E-state index contributed by atoms with van der Waals surface area (Å²) in [4.78, 5) is 28.8. The number of fused-ring (bicyclic) bond motifs is 4. The molecule has 5 aromatic rings. The van der Waals surface area contributed by atoms with Crippen LogP contribution in [-0.4, -0.2) is 43.4 Å². The van der Waals surface area contributed by atoms with Gasteiger partial charge in [-0.2, -0.15) is 0 Å². The molecule has 0 saturated carbocycles. The molecule has 0 bridgehead atoms. The van der Waals surface area contributed by atoms with Crippen molar-refractivity contribution in [1.82, 2.24) is 24.1 Å². The molecule has 1 fully saturated rings. The molecule has 0 N–H and O–H groups in total. The second-order valence-corrected chi connectivity index (χ2v) is 8.78. The smallest absolute Gasteiger partial charge is 0.265 e. The summed E-state index contributed by atoms with van der Waals surface area (Å²) in [5, 5.41) is 0.488. The maximum absolute atomic E-state index is 14.0. The number of nitrogens with zero attached hydrogens (tertiary/aromatic N) is 5. The number of hydrogen-bond acceptors (Lipinski definition) is 6. The van der Waals surface area contributed by atoms with Crippen molar-refractivity contribution in [2.45, 2.75) is 45.8 Å². The highest BCUT2D eigenvalue weighted by atomic mass is 16.5. The van der Waals surface area contributed by atoms with Crippen LogP contribution in [0.4, 0.5) is 0 Å². The third kappa shape index (κ3) is 3.65. The summed E-state index contributed by atoms with van der Waals surface area (Å²) in [7, 11) is 0. The molecule has 0 radical (unpaired) electrons. The van der Waals surface area contributed by atoms with Gasteiger partial charge in [0.25, 0.3) is 5.56 Å². The fourth-order valence-corrected chi connectivity index (χ4v) is 4.92. The fraction of sp³-hybridized carbons (Fsp3) is 0.333. The molecule has 0 unspecified atom stereocenters. The van der Waals surface area contributed by atoms with Crippen molar-refractivity contribution >= 4 is 33.2 Å². The van der Waals surface area contributed by atoms with Crippen molar-refractivity contribution in [3.05, 3.63) is 64.7 Å². The molecular weight excluding hydrogens is 442 g/mol. The molecule has 8 nitrogen and oxygen atoms in total. The van der Waals surface area contributed by atoms with Crippen LogP contribution in [-0.2, 0) is 17.7 Å². The first kappa shape index (κ1) is 21.7. The predicted octanol–water partition coefficient (Wildman–Crippen LogP) is 4.42. The zero-order chi connectivity index (χ0) is 23.9. The maximum Gasteiger partial charge on any atom is 0.265 e. The Kier molecular flexibility index (Phi) is 5.45. The van der Waals surface area contributed by atoms with E-state index in [1.165, 1.54) is 0 Å². The van der Waals surface area contributed by atoms with Crippen molar-refractivity contribution in [2.75, 3.05) is 13.2 Å². The van der Waals surface area contributed by atoms with Crippen molar-refractivity contribution in [3.8, 4) is 11.4 Å². The van der Waals surface area contributed by atoms with Gasteiger partial charge in [0.1, 0.15) is 22.5 Å². The SMILES string of the molecule is CCOc1ccc(-n2c3nc4ccccc4nc3c3c(=O)n(C[C@@H]4CCCO4)c(CC)nc32)cc1. The van der Waals surface area contributed by atoms with Crippen LogP contribution < -0.4 is 10.3 Å². The Bertz CT molecular complexity index is 1600. The molecule has 1 saturated heterocycles. The minimum absolute atomic E-state index is 0.0311. The van der Waals surface area contributed by atoms with Gasteiger partial charge in [0.2, 0.25) is 0 Å². The Morgan fingerprint density at radius 1 is 1.00 bits per heavy atom. The normalized spacial score (nSPS) is 16.0. The lowest BCUT2D eigenvalue weighted by Gasteiger charge is -2.16. The number of aryl methyl sites for hydroxylation is 1. The molecule has 1 aliphatic rings. The summed E-state index contributed by atoms with van der Waals surface area (Å²) in [6.45, 7) is 5.82. The summed E-state index contributed by atoms with van der Waals surface area (Å²) in [5.74, 6) is 1.52. The van der Waals surface area contributed by atoms with Crippen LogP contribution in [0.15, 0.2) is 53.3 Å². The molecular formula is C27H27N5O3. The highest BCUT2D eigenvalue weighted by molar-refractivity contribution is 6.05. The molecule has 178 valence electrons. The molecule has 8 heteroatoms. The number of ether oxygens (including phenoxy) is 2. The molecule has 3 aromatic heterocycles. The highest BCUT2D eigenvalue weighted by Crippen LogP contribution is 2.30. The molecule has 6 rings (SSSR count). The zero-order valence-corrected chi connectivity index (χ0v) is 19.9. The summed E-state index contributed by atoms with van der Waals surface area (Å²) >= 11 is 0. The van der Waals surface area contributed by atoms with Crippen LogP contribution in [0.2, 0.25) is 0 Å². The van der Waals surface area contributed by atoms with E-state index in [2.05, 4.69) is 0 Å². The first-order valence-corrected chi connectivity index (χ1v) is 12.2. The average Bonchev–Trinajstić information content (AvgIpc) is 3.50. The predicted molar refractivity (Wildman–Crippen MR) is 135 cm³/mol. The van der Waals surface area contributed by atoms with E-state index in [0.29, 0.717) is 41.8 Å². The fourth-order valence-electron chi connectivity index (χ4n) is 4.92. The van der Waals surface area contributed by atoms with Gasteiger partial charge in [-0.1, -0.05) is 19.1 Å². The highest BCUT2D eigenvalue weighted by Gasteiger charge is 2.25. The number of rotatable bonds is 6. The second-order valence-electron chi connectivity index (χ2n) is 8.78. The van der Waals surface area contributed by atoms with Crippen LogP contribution in [0, 0.1) is 0 Å². The number of hydrogen-bond donors (Lipinski definition) is 0. The van der Waals surface area contributed by atoms with E-state index in [9.17, 15) is 4.79 Å². The van der Waals surface area contributed by atoms with Gasteiger partial charge in [-0.3, -0.25) is 13.9 Å². The number of para-hydroxylation sites is 2. The average molecular weight is 470 g/mol. The molecule has 35 heavy (non-hydrogen) atoms. The lowest BCUT2D eigenvalue weighted by molar-refractivity contribution is 0.0953. The van der Waals surface area contributed by atoms with Gasteiger partial charge in [0.05, 0.1) is 30.3 Å². The van der Waals surface area contributed by atoms with E-state index >= 15 is 0 Å². The minimum Gasteiger partial charge on any atom is -0.494 e. The van der Waals surface area contributed by atoms with Crippen molar-refractivity contribution in [3.63, 3.8) is 0 Å². The Balaban J connectivity index is 1.67. The topological polar surface area (TPSA) is 84.1 Å². The Morgan fingerprint density at radius 2 is 1.77 bits per heavy atom. The van der Waals surface area contributed by atoms with E-state index in [1.54, 1.807) is 4.57 Å². The van der Waals surface area contributed by atoms with Crippen molar-refractivity contribution in [1.29, 1.82) is 0 Å². The Labute approximate surface area is 202 Å². The van der Waals surface area contributed by atoms with Crippen LogP contribution in [0.3, 0.4) is 0 Å². The van der Waals surface area contributed by atoms with Crippen LogP contribution in [0.25, 0.3) is 38.9 Å². The Hall–Kier alpha value is -3.78. The summed E-state index contributed by atoms with van der Waals surface area (Å²) < 4.78 is 15.2. The summed E-state index contributed by atoms with van der Waals surface area (Å²) in [6.07, 6.45) is 2.63. The third-order valence-corrected chi connectivity index (χ3v) is 6.57. The van der Waals surface area contributed by atoms with Crippen molar-refractivity contribution in [2.24, 2.45) is 0 Å². The quantitative estimate of drug-likeness (QED) is 0.366. The van der Waals surface area contributed by atoms with Crippen LogP contribution in [0.1, 0.15) is 32.5 Å². The molecule has 1 aliphatic heterocycles. The first-order chi connectivity index (χ1) is 17.2. The second kappa shape index (κ2) is 8.78. The van der Waals surface area contributed by atoms with Gasteiger partial charge >= 0.3 is 0 Å². The molecule has 4 heterocycles. The van der Waals surface area contributed by atoms with Gasteiger partial charge in [-0.15, -0.1) is 0 Å². The van der Waals surface area contributed by atoms with Gasteiger partial charge in [0.15, 0.2) is 11.3 Å². The van der Waals surface area contributed by atoms with Gasteiger partial charge < -0.3 is 9.47 Å². The lowest BCUT2D eigenvalue weighted by atomic mass is 10.2. The first-order valence-electron chi connectivity index (χ1n) is 12.2. The van der Waals surface area contributed by atoms with E-state index in [1.807, 2.05) is 66.9 Å². The van der Waals surface area contributed by atoms with Gasteiger partial charge in [-0.25, -0.2) is 15.0 Å². The number of benzene rings is 2. The van der Waals surface area contributed by atoms with Crippen molar-refractivity contribution < 1.29 is 9.47 Å². The van der Waals surface area contributed by atoms with Gasteiger partial charge in [0, 0.05) is 18.7 Å². The summed E-state index contributed by atoms with van der Waals surface area (Å²) in [6, 6.07) is 15.5. The van der Waals surface area contributed by atoms with E-state index < -0.39 is 0 Å². The van der Waals surface area contributed by atoms with Gasteiger partial charge in [-0.05, 0) is 56.2 Å².